The molecule has 1 heterocycles. The summed E-state index contributed by atoms with van der Waals surface area (Å²) in [5.41, 5.74) is 5.45. The second kappa shape index (κ2) is 4.09. The van der Waals surface area contributed by atoms with E-state index in [0.717, 1.165) is 31.1 Å². The van der Waals surface area contributed by atoms with Crippen LogP contribution in [0.3, 0.4) is 0 Å². The van der Waals surface area contributed by atoms with Crippen LogP contribution in [-0.2, 0) is 0 Å². The second-order valence-corrected chi connectivity index (χ2v) is 4.10. The fourth-order valence-corrected chi connectivity index (χ4v) is 1.50. The van der Waals surface area contributed by atoms with Crippen molar-refractivity contribution in [3.63, 3.8) is 0 Å². The molecule has 0 saturated heterocycles. The number of rotatable bonds is 5. The second-order valence-electron chi connectivity index (χ2n) is 4.10. The molecule has 0 spiro atoms. The Morgan fingerprint density at radius 1 is 1.57 bits per heavy atom. The van der Waals surface area contributed by atoms with Gasteiger partial charge in [-0.05, 0) is 32.2 Å². The standard InChI is InChI=1S/C10H17N3O/c1-7(3-2-6-11)10-12-9(13-14-10)8-4-5-8/h7-8H,2-6,11H2,1H3. The lowest BCUT2D eigenvalue weighted by molar-refractivity contribution is 0.348. The van der Waals surface area contributed by atoms with Crippen molar-refractivity contribution >= 4 is 0 Å². The summed E-state index contributed by atoms with van der Waals surface area (Å²) in [7, 11) is 0. The molecule has 1 aliphatic carbocycles. The maximum atomic E-state index is 5.45. The predicted molar refractivity (Wildman–Crippen MR) is 53.0 cm³/mol. The average Bonchev–Trinajstić information content (AvgIpc) is 2.93. The lowest BCUT2D eigenvalue weighted by atomic mass is 10.1. The monoisotopic (exact) mass is 195 g/mol. The Morgan fingerprint density at radius 2 is 2.36 bits per heavy atom. The van der Waals surface area contributed by atoms with Gasteiger partial charge in [0.15, 0.2) is 5.82 Å². The molecule has 1 atom stereocenters. The van der Waals surface area contributed by atoms with E-state index in [1.165, 1.54) is 12.8 Å². The first-order valence-corrected chi connectivity index (χ1v) is 5.35. The lowest BCUT2D eigenvalue weighted by Crippen LogP contribution is -2.02. The largest absolute Gasteiger partial charge is 0.339 e. The molecule has 0 radical (unpaired) electrons. The molecule has 1 saturated carbocycles. The third-order valence-corrected chi connectivity index (χ3v) is 2.66. The van der Waals surface area contributed by atoms with E-state index >= 15 is 0 Å². The van der Waals surface area contributed by atoms with E-state index in [2.05, 4.69) is 17.1 Å². The maximum Gasteiger partial charge on any atom is 0.229 e. The highest BCUT2D eigenvalue weighted by atomic mass is 16.5. The minimum Gasteiger partial charge on any atom is -0.339 e. The van der Waals surface area contributed by atoms with Gasteiger partial charge >= 0.3 is 0 Å². The van der Waals surface area contributed by atoms with Crippen LogP contribution in [0.25, 0.3) is 0 Å². The van der Waals surface area contributed by atoms with Crippen molar-refractivity contribution in [2.75, 3.05) is 6.54 Å². The van der Waals surface area contributed by atoms with E-state index in [9.17, 15) is 0 Å². The first kappa shape index (κ1) is 9.65. The summed E-state index contributed by atoms with van der Waals surface area (Å²) < 4.78 is 5.22. The van der Waals surface area contributed by atoms with Crippen molar-refractivity contribution < 1.29 is 4.52 Å². The normalized spacial score (nSPS) is 18.4. The highest BCUT2D eigenvalue weighted by Crippen LogP contribution is 2.38. The van der Waals surface area contributed by atoms with E-state index in [1.54, 1.807) is 0 Å². The molecule has 2 rings (SSSR count). The summed E-state index contributed by atoms with van der Waals surface area (Å²) >= 11 is 0. The van der Waals surface area contributed by atoms with Crippen molar-refractivity contribution in [2.45, 2.75) is 44.4 Å². The summed E-state index contributed by atoms with van der Waals surface area (Å²) in [6.45, 7) is 2.84. The molecular formula is C10H17N3O. The molecule has 2 N–H and O–H groups in total. The number of hydrogen-bond donors (Lipinski definition) is 1. The van der Waals surface area contributed by atoms with Gasteiger partial charge in [-0.15, -0.1) is 0 Å². The van der Waals surface area contributed by atoms with Crippen molar-refractivity contribution in [1.29, 1.82) is 0 Å². The van der Waals surface area contributed by atoms with Crippen LogP contribution in [0, 0.1) is 0 Å². The van der Waals surface area contributed by atoms with Crippen molar-refractivity contribution in [3.8, 4) is 0 Å². The third-order valence-electron chi connectivity index (χ3n) is 2.66. The van der Waals surface area contributed by atoms with E-state index in [4.69, 9.17) is 10.3 Å². The van der Waals surface area contributed by atoms with Crippen LogP contribution >= 0.6 is 0 Å². The highest BCUT2D eigenvalue weighted by Gasteiger charge is 2.29. The van der Waals surface area contributed by atoms with Gasteiger partial charge in [0.05, 0.1) is 0 Å². The Kier molecular flexibility index (Phi) is 2.82. The van der Waals surface area contributed by atoms with Crippen molar-refractivity contribution in [3.05, 3.63) is 11.7 Å². The molecule has 4 heteroatoms. The van der Waals surface area contributed by atoms with Crippen LogP contribution in [0.5, 0.6) is 0 Å². The SMILES string of the molecule is CC(CCCN)c1nc(C2CC2)no1. The molecule has 0 bridgehead atoms. The minimum atomic E-state index is 0.346. The fourth-order valence-electron chi connectivity index (χ4n) is 1.50. The van der Waals surface area contributed by atoms with E-state index < -0.39 is 0 Å². The van der Waals surface area contributed by atoms with Crippen LogP contribution in [-0.4, -0.2) is 16.7 Å². The van der Waals surface area contributed by atoms with Crippen LogP contribution in [0.15, 0.2) is 4.52 Å². The maximum absolute atomic E-state index is 5.45. The molecule has 78 valence electrons. The lowest BCUT2D eigenvalue weighted by Gasteiger charge is -2.03. The zero-order chi connectivity index (χ0) is 9.97. The molecule has 1 unspecified atom stereocenters. The van der Waals surface area contributed by atoms with E-state index in [-0.39, 0.29) is 0 Å². The Balaban J connectivity index is 1.93. The predicted octanol–water partition coefficient (Wildman–Crippen LogP) is 1.79. The van der Waals surface area contributed by atoms with Gasteiger partial charge in [-0.2, -0.15) is 4.98 Å². The van der Waals surface area contributed by atoms with Crippen LogP contribution in [0.1, 0.15) is 56.2 Å². The highest BCUT2D eigenvalue weighted by molar-refractivity contribution is 5.04. The molecule has 0 aliphatic heterocycles. The fraction of sp³-hybridized carbons (Fsp3) is 0.800. The Morgan fingerprint density at radius 3 is 3.00 bits per heavy atom. The summed E-state index contributed by atoms with van der Waals surface area (Å²) in [4.78, 5) is 4.41. The van der Waals surface area contributed by atoms with E-state index in [1.807, 2.05) is 0 Å². The smallest absolute Gasteiger partial charge is 0.229 e. The van der Waals surface area contributed by atoms with Gasteiger partial charge in [-0.25, -0.2) is 0 Å². The topological polar surface area (TPSA) is 64.9 Å². The first-order valence-electron chi connectivity index (χ1n) is 5.35. The van der Waals surface area contributed by atoms with Gasteiger partial charge in [-0.3, -0.25) is 0 Å². The molecule has 1 aromatic heterocycles. The Labute approximate surface area is 83.9 Å². The molecule has 1 aliphatic rings. The zero-order valence-electron chi connectivity index (χ0n) is 8.57. The summed E-state index contributed by atoms with van der Waals surface area (Å²) in [6, 6.07) is 0. The number of nitrogens with zero attached hydrogens (tertiary/aromatic N) is 2. The van der Waals surface area contributed by atoms with Gasteiger partial charge in [-0.1, -0.05) is 12.1 Å². The first-order chi connectivity index (χ1) is 6.81. The van der Waals surface area contributed by atoms with Crippen molar-refractivity contribution in [2.24, 2.45) is 5.73 Å². The molecule has 0 aromatic carbocycles. The summed E-state index contributed by atoms with van der Waals surface area (Å²) in [6.07, 6.45) is 4.48. The molecule has 4 nitrogen and oxygen atoms in total. The molecule has 1 fully saturated rings. The van der Waals surface area contributed by atoms with E-state index in [0.29, 0.717) is 11.8 Å². The Bertz CT molecular complexity index is 293. The third kappa shape index (κ3) is 2.12. The summed E-state index contributed by atoms with van der Waals surface area (Å²) in [5.74, 6) is 2.60. The van der Waals surface area contributed by atoms with Gasteiger partial charge in [0.2, 0.25) is 5.89 Å². The Hall–Kier alpha value is -0.900. The molecule has 0 amide bonds. The molecular weight excluding hydrogens is 178 g/mol. The van der Waals surface area contributed by atoms with Crippen LogP contribution < -0.4 is 5.73 Å². The quantitative estimate of drug-likeness (QED) is 0.777. The van der Waals surface area contributed by atoms with Crippen LogP contribution in [0.4, 0.5) is 0 Å². The molecule has 14 heavy (non-hydrogen) atoms. The number of hydrogen-bond acceptors (Lipinski definition) is 4. The minimum absolute atomic E-state index is 0.346. The molecule has 1 aromatic rings. The zero-order valence-corrected chi connectivity index (χ0v) is 8.57. The number of aromatic nitrogens is 2. The van der Waals surface area contributed by atoms with Crippen molar-refractivity contribution in [1.82, 2.24) is 10.1 Å². The average molecular weight is 195 g/mol. The van der Waals surface area contributed by atoms with Gasteiger partial charge in [0.25, 0.3) is 0 Å². The van der Waals surface area contributed by atoms with Gasteiger partial charge in [0, 0.05) is 11.8 Å². The number of nitrogens with two attached hydrogens (primary N) is 1. The van der Waals surface area contributed by atoms with Gasteiger partial charge in [0.1, 0.15) is 0 Å². The summed E-state index contributed by atoms with van der Waals surface area (Å²) in [5, 5.41) is 3.99. The van der Waals surface area contributed by atoms with Gasteiger partial charge < -0.3 is 10.3 Å². The van der Waals surface area contributed by atoms with Crippen LogP contribution in [0.2, 0.25) is 0 Å².